The summed E-state index contributed by atoms with van der Waals surface area (Å²) in [5, 5.41) is 6.38. The molecule has 0 aliphatic carbocycles. The maximum Gasteiger partial charge on any atom is 0.282 e. The summed E-state index contributed by atoms with van der Waals surface area (Å²) < 4.78 is 27.2. The highest BCUT2D eigenvalue weighted by Gasteiger charge is 2.24. The summed E-state index contributed by atoms with van der Waals surface area (Å²) in [6, 6.07) is 5.61. The second kappa shape index (κ2) is 6.10. The first-order valence-electron chi connectivity index (χ1n) is 7.34. The molecule has 0 fully saturated rings. The summed E-state index contributed by atoms with van der Waals surface area (Å²) in [7, 11) is 1.51. The molecule has 1 heterocycles. The van der Waals surface area contributed by atoms with Crippen molar-refractivity contribution in [2.24, 2.45) is 7.05 Å². The van der Waals surface area contributed by atoms with Crippen molar-refractivity contribution >= 4 is 11.6 Å². The average molecular weight is 321 g/mol. The quantitative estimate of drug-likeness (QED) is 0.920. The summed E-state index contributed by atoms with van der Waals surface area (Å²) in [6.45, 7) is 8.15. The van der Waals surface area contributed by atoms with Crippen LogP contribution in [0, 0.1) is 6.92 Å². The number of halogens is 2. The van der Waals surface area contributed by atoms with Crippen LogP contribution >= 0.6 is 0 Å². The fraction of sp³-hybridized carbons (Fsp3) is 0.412. The predicted molar refractivity (Wildman–Crippen MR) is 86.0 cm³/mol. The van der Waals surface area contributed by atoms with E-state index in [4.69, 9.17) is 0 Å². The van der Waals surface area contributed by atoms with Gasteiger partial charge in [-0.05, 0) is 29.5 Å². The lowest BCUT2D eigenvalue weighted by Gasteiger charge is -2.23. The van der Waals surface area contributed by atoms with Crippen molar-refractivity contribution in [1.82, 2.24) is 9.78 Å². The second-order valence-electron chi connectivity index (χ2n) is 6.58. The lowest BCUT2D eigenvalue weighted by Crippen LogP contribution is -2.17. The lowest BCUT2D eigenvalue weighted by atomic mass is 9.83. The van der Waals surface area contributed by atoms with Crippen molar-refractivity contribution in [2.45, 2.75) is 39.5 Å². The number of carbonyl (C=O) groups excluding carboxylic acids is 1. The Morgan fingerprint density at radius 1 is 1.30 bits per heavy atom. The van der Waals surface area contributed by atoms with Gasteiger partial charge in [0.05, 0.1) is 5.56 Å². The molecule has 4 nitrogen and oxygen atoms in total. The van der Waals surface area contributed by atoms with Crippen LogP contribution in [-0.4, -0.2) is 15.7 Å². The number of nitrogens with zero attached hydrogens (tertiary/aromatic N) is 2. The zero-order valence-electron chi connectivity index (χ0n) is 13.9. The smallest absolute Gasteiger partial charge is 0.282 e. The molecule has 0 atom stereocenters. The van der Waals surface area contributed by atoms with Crippen molar-refractivity contribution in [2.75, 3.05) is 5.32 Å². The predicted octanol–water partition coefficient (Wildman–Crippen LogP) is 4.22. The Balaban J connectivity index is 2.35. The van der Waals surface area contributed by atoms with Crippen LogP contribution in [0.2, 0.25) is 0 Å². The van der Waals surface area contributed by atoms with Gasteiger partial charge in [0.2, 0.25) is 0 Å². The molecule has 0 spiro atoms. The standard InChI is InChI=1S/C17H21F2N3O/c1-10-12(17(2,3)4)7-6-8-13(10)20-16(23)11-9-22(5)21-14(11)15(18)19/h6-9,15H,1-5H3,(H,20,23). The molecule has 1 amide bonds. The van der Waals surface area contributed by atoms with Crippen molar-refractivity contribution in [3.8, 4) is 0 Å². The number of aryl methyl sites for hydroxylation is 1. The van der Waals surface area contributed by atoms with Gasteiger partial charge in [-0.2, -0.15) is 5.10 Å². The fourth-order valence-corrected chi connectivity index (χ4v) is 2.61. The van der Waals surface area contributed by atoms with Crippen molar-refractivity contribution < 1.29 is 13.6 Å². The minimum atomic E-state index is -2.79. The summed E-state index contributed by atoms with van der Waals surface area (Å²) in [6.07, 6.45) is -1.49. The van der Waals surface area contributed by atoms with Crippen LogP contribution in [0.5, 0.6) is 0 Å². The molecule has 1 aromatic carbocycles. The zero-order valence-corrected chi connectivity index (χ0v) is 13.9. The van der Waals surface area contributed by atoms with Crippen molar-refractivity contribution in [3.63, 3.8) is 0 Å². The molecule has 0 saturated carbocycles. The number of carbonyl (C=O) groups is 1. The van der Waals surface area contributed by atoms with Gasteiger partial charge in [-0.1, -0.05) is 32.9 Å². The third kappa shape index (κ3) is 3.57. The molecule has 0 aliphatic rings. The minimum Gasteiger partial charge on any atom is -0.322 e. The molecule has 0 saturated heterocycles. The molecule has 124 valence electrons. The number of amides is 1. The Bertz CT molecular complexity index is 730. The molecular formula is C17H21F2N3O. The number of hydrogen-bond donors (Lipinski definition) is 1. The van der Waals surface area contributed by atoms with E-state index >= 15 is 0 Å². The second-order valence-corrected chi connectivity index (χ2v) is 6.58. The van der Waals surface area contributed by atoms with Crippen LogP contribution in [-0.2, 0) is 12.5 Å². The van der Waals surface area contributed by atoms with E-state index < -0.39 is 18.0 Å². The number of alkyl halides is 2. The van der Waals surface area contributed by atoms with E-state index in [1.54, 1.807) is 6.07 Å². The van der Waals surface area contributed by atoms with Crippen LogP contribution in [0.15, 0.2) is 24.4 Å². The molecule has 2 rings (SSSR count). The largest absolute Gasteiger partial charge is 0.322 e. The fourth-order valence-electron chi connectivity index (χ4n) is 2.61. The number of rotatable bonds is 3. The van der Waals surface area contributed by atoms with E-state index in [1.807, 2.05) is 19.1 Å². The van der Waals surface area contributed by atoms with Crippen molar-refractivity contribution in [3.05, 3.63) is 46.8 Å². The highest BCUT2D eigenvalue weighted by Crippen LogP contribution is 2.30. The van der Waals surface area contributed by atoms with Gasteiger partial charge in [0.15, 0.2) is 0 Å². The molecule has 2 aromatic rings. The Morgan fingerprint density at radius 3 is 2.52 bits per heavy atom. The minimum absolute atomic E-state index is 0.0761. The summed E-state index contributed by atoms with van der Waals surface area (Å²) in [5.41, 5.74) is 1.95. The number of benzene rings is 1. The molecule has 6 heteroatoms. The summed E-state index contributed by atoms with van der Waals surface area (Å²) >= 11 is 0. The van der Waals surface area contributed by atoms with Gasteiger partial charge in [0.25, 0.3) is 12.3 Å². The summed E-state index contributed by atoms with van der Waals surface area (Å²) in [4.78, 5) is 12.4. The first kappa shape index (κ1) is 17.1. The molecule has 0 radical (unpaired) electrons. The van der Waals surface area contributed by atoms with E-state index in [-0.39, 0.29) is 11.0 Å². The number of anilines is 1. The highest BCUT2D eigenvalue weighted by atomic mass is 19.3. The molecule has 0 unspecified atom stereocenters. The van der Waals surface area contributed by atoms with Gasteiger partial charge in [0, 0.05) is 18.9 Å². The number of nitrogens with one attached hydrogen (secondary N) is 1. The van der Waals surface area contributed by atoms with Gasteiger partial charge in [-0.3, -0.25) is 9.48 Å². The Kier molecular flexibility index (Phi) is 4.54. The normalized spacial score (nSPS) is 11.8. The maximum absolute atomic E-state index is 13.0. The monoisotopic (exact) mass is 321 g/mol. The zero-order chi connectivity index (χ0) is 17.4. The number of aromatic nitrogens is 2. The van der Waals surface area contributed by atoms with Gasteiger partial charge in [-0.15, -0.1) is 0 Å². The Hall–Kier alpha value is -2.24. The van der Waals surface area contributed by atoms with Gasteiger partial charge in [0.1, 0.15) is 5.69 Å². The molecule has 0 aliphatic heterocycles. The number of hydrogen-bond acceptors (Lipinski definition) is 2. The van der Waals surface area contributed by atoms with Crippen LogP contribution in [0.3, 0.4) is 0 Å². The van der Waals surface area contributed by atoms with E-state index in [1.165, 1.54) is 17.9 Å². The third-order valence-corrected chi connectivity index (χ3v) is 3.70. The van der Waals surface area contributed by atoms with E-state index in [2.05, 4.69) is 31.2 Å². The Labute approximate surface area is 134 Å². The molecule has 1 N–H and O–H groups in total. The first-order valence-corrected chi connectivity index (χ1v) is 7.34. The SMILES string of the molecule is Cc1c(NC(=O)c2cn(C)nc2C(F)F)cccc1C(C)(C)C. The average Bonchev–Trinajstić information content (AvgIpc) is 2.82. The van der Waals surface area contributed by atoms with Crippen LogP contribution in [0.25, 0.3) is 0 Å². The molecule has 23 heavy (non-hydrogen) atoms. The first-order chi connectivity index (χ1) is 10.6. The van der Waals surface area contributed by atoms with Crippen LogP contribution < -0.4 is 5.32 Å². The van der Waals surface area contributed by atoms with Gasteiger partial charge < -0.3 is 5.32 Å². The van der Waals surface area contributed by atoms with E-state index in [9.17, 15) is 13.6 Å². The van der Waals surface area contributed by atoms with E-state index in [0.717, 1.165) is 11.1 Å². The van der Waals surface area contributed by atoms with Gasteiger partial charge in [-0.25, -0.2) is 8.78 Å². The van der Waals surface area contributed by atoms with Crippen LogP contribution in [0.1, 0.15) is 54.4 Å². The Morgan fingerprint density at radius 2 is 1.96 bits per heavy atom. The summed E-state index contributed by atoms with van der Waals surface area (Å²) in [5.74, 6) is -0.581. The van der Waals surface area contributed by atoms with Crippen molar-refractivity contribution in [1.29, 1.82) is 0 Å². The van der Waals surface area contributed by atoms with Crippen LogP contribution in [0.4, 0.5) is 14.5 Å². The topological polar surface area (TPSA) is 46.9 Å². The lowest BCUT2D eigenvalue weighted by molar-refractivity contribution is 0.101. The highest BCUT2D eigenvalue weighted by molar-refractivity contribution is 6.05. The van der Waals surface area contributed by atoms with Gasteiger partial charge >= 0.3 is 0 Å². The van der Waals surface area contributed by atoms with E-state index in [0.29, 0.717) is 5.69 Å². The maximum atomic E-state index is 13.0. The molecular weight excluding hydrogens is 300 g/mol. The third-order valence-electron chi connectivity index (χ3n) is 3.70. The molecule has 1 aromatic heterocycles. The molecule has 0 bridgehead atoms.